The van der Waals surface area contributed by atoms with Gasteiger partial charge in [-0.05, 0) is 25.0 Å². The lowest BCUT2D eigenvalue weighted by Crippen LogP contribution is -2.36. The number of nitrogens with two attached hydrogens (primary N) is 1. The minimum Gasteiger partial charge on any atom is -0.481 e. The normalized spacial score (nSPS) is 14.8. The molecular formula is C11H15NO2. The molecule has 0 amide bonds. The fraction of sp³-hybridized carbons (Fsp3) is 0.364. The molecule has 0 aromatic heterocycles. The van der Waals surface area contributed by atoms with Crippen LogP contribution < -0.4 is 5.73 Å². The van der Waals surface area contributed by atoms with Gasteiger partial charge in [-0.3, -0.25) is 4.79 Å². The predicted molar refractivity (Wildman–Crippen MR) is 55.0 cm³/mol. The maximum absolute atomic E-state index is 10.6. The largest absolute Gasteiger partial charge is 0.481 e. The van der Waals surface area contributed by atoms with Crippen LogP contribution in [0.25, 0.3) is 0 Å². The Morgan fingerprint density at radius 1 is 1.50 bits per heavy atom. The van der Waals surface area contributed by atoms with Crippen molar-refractivity contribution in [3.8, 4) is 0 Å². The van der Waals surface area contributed by atoms with Crippen molar-refractivity contribution in [3.63, 3.8) is 0 Å². The van der Waals surface area contributed by atoms with E-state index in [-0.39, 0.29) is 6.42 Å². The summed E-state index contributed by atoms with van der Waals surface area (Å²) in [6.07, 6.45) is -0.0577. The summed E-state index contributed by atoms with van der Waals surface area (Å²) in [6.45, 7) is 3.67. The number of carboxylic acid groups (broad SMARTS) is 1. The molecule has 0 fully saturated rings. The number of carboxylic acids is 1. The van der Waals surface area contributed by atoms with Crippen LogP contribution in [0.2, 0.25) is 0 Å². The van der Waals surface area contributed by atoms with Crippen LogP contribution in [0.5, 0.6) is 0 Å². The van der Waals surface area contributed by atoms with Gasteiger partial charge in [0.2, 0.25) is 0 Å². The summed E-state index contributed by atoms with van der Waals surface area (Å²) in [5.74, 6) is -0.877. The summed E-state index contributed by atoms with van der Waals surface area (Å²) in [5, 5.41) is 8.72. The quantitative estimate of drug-likeness (QED) is 0.767. The molecule has 0 radical (unpaired) electrons. The summed E-state index contributed by atoms with van der Waals surface area (Å²) >= 11 is 0. The van der Waals surface area contributed by atoms with E-state index in [0.29, 0.717) is 0 Å². The van der Waals surface area contributed by atoms with Crippen LogP contribution in [0.15, 0.2) is 24.3 Å². The van der Waals surface area contributed by atoms with Gasteiger partial charge in [0.25, 0.3) is 0 Å². The molecule has 0 spiro atoms. The van der Waals surface area contributed by atoms with Crippen LogP contribution >= 0.6 is 0 Å². The number of carbonyl (C=O) groups is 1. The molecule has 3 nitrogen and oxygen atoms in total. The molecule has 1 atom stereocenters. The van der Waals surface area contributed by atoms with Gasteiger partial charge in [0.1, 0.15) is 0 Å². The van der Waals surface area contributed by atoms with Crippen molar-refractivity contribution in [2.24, 2.45) is 5.73 Å². The number of aliphatic carboxylic acids is 1. The van der Waals surface area contributed by atoms with Crippen LogP contribution in [0.4, 0.5) is 0 Å². The summed E-state index contributed by atoms with van der Waals surface area (Å²) < 4.78 is 0. The van der Waals surface area contributed by atoms with Gasteiger partial charge in [-0.1, -0.05) is 24.3 Å². The molecule has 1 aromatic rings. The SMILES string of the molecule is Cc1ccccc1C(C)(N)CC(=O)O. The predicted octanol–water partition coefficient (Wildman–Crippen LogP) is 1.64. The van der Waals surface area contributed by atoms with Gasteiger partial charge in [0, 0.05) is 5.54 Å². The monoisotopic (exact) mass is 193 g/mol. The lowest BCUT2D eigenvalue weighted by atomic mass is 9.87. The van der Waals surface area contributed by atoms with Crippen molar-refractivity contribution in [2.45, 2.75) is 25.8 Å². The first-order valence-corrected chi connectivity index (χ1v) is 4.50. The summed E-state index contributed by atoms with van der Waals surface area (Å²) in [4.78, 5) is 10.6. The van der Waals surface area contributed by atoms with E-state index in [1.807, 2.05) is 31.2 Å². The molecule has 1 rings (SSSR count). The minimum absolute atomic E-state index is 0.0577. The van der Waals surface area contributed by atoms with E-state index in [0.717, 1.165) is 11.1 Å². The third kappa shape index (κ3) is 2.33. The first-order valence-electron chi connectivity index (χ1n) is 4.50. The molecule has 0 heterocycles. The fourth-order valence-corrected chi connectivity index (χ4v) is 1.62. The summed E-state index contributed by atoms with van der Waals surface area (Å²) in [6, 6.07) is 7.59. The van der Waals surface area contributed by atoms with Gasteiger partial charge >= 0.3 is 5.97 Å². The molecule has 0 aliphatic heterocycles. The topological polar surface area (TPSA) is 63.3 Å². The Bertz CT molecular complexity index is 345. The van der Waals surface area contributed by atoms with Crippen LogP contribution in [-0.2, 0) is 10.3 Å². The maximum atomic E-state index is 10.6. The maximum Gasteiger partial charge on any atom is 0.305 e. The minimum atomic E-state index is -0.877. The lowest BCUT2D eigenvalue weighted by molar-refractivity contribution is -0.138. The average Bonchev–Trinajstić information content (AvgIpc) is 2.02. The van der Waals surface area contributed by atoms with Crippen molar-refractivity contribution in [3.05, 3.63) is 35.4 Å². The molecule has 0 bridgehead atoms. The van der Waals surface area contributed by atoms with E-state index in [1.165, 1.54) is 0 Å². The molecule has 76 valence electrons. The number of rotatable bonds is 3. The number of hydrogen-bond acceptors (Lipinski definition) is 2. The highest BCUT2D eigenvalue weighted by Gasteiger charge is 2.25. The third-order valence-electron chi connectivity index (χ3n) is 2.28. The Kier molecular flexibility index (Phi) is 2.91. The van der Waals surface area contributed by atoms with Crippen molar-refractivity contribution in [1.29, 1.82) is 0 Å². The highest BCUT2D eigenvalue weighted by Crippen LogP contribution is 2.24. The summed E-state index contributed by atoms with van der Waals surface area (Å²) in [5.41, 5.74) is 7.08. The van der Waals surface area contributed by atoms with Gasteiger partial charge in [0.15, 0.2) is 0 Å². The standard InChI is InChI=1S/C11H15NO2/c1-8-5-3-4-6-9(8)11(2,12)7-10(13)14/h3-6H,7,12H2,1-2H3,(H,13,14). The van der Waals surface area contributed by atoms with Crippen molar-refractivity contribution >= 4 is 5.97 Å². The third-order valence-corrected chi connectivity index (χ3v) is 2.28. The van der Waals surface area contributed by atoms with Gasteiger partial charge in [-0.2, -0.15) is 0 Å². The zero-order valence-electron chi connectivity index (χ0n) is 8.45. The Balaban J connectivity index is 3.03. The van der Waals surface area contributed by atoms with E-state index >= 15 is 0 Å². The van der Waals surface area contributed by atoms with Gasteiger partial charge in [-0.15, -0.1) is 0 Å². The highest BCUT2D eigenvalue weighted by atomic mass is 16.4. The number of benzene rings is 1. The molecule has 3 heteroatoms. The Hall–Kier alpha value is -1.35. The van der Waals surface area contributed by atoms with Crippen LogP contribution in [0.1, 0.15) is 24.5 Å². The lowest BCUT2D eigenvalue weighted by Gasteiger charge is -2.24. The average molecular weight is 193 g/mol. The van der Waals surface area contributed by atoms with Crippen LogP contribution in [0, 0.1) is 6.92 Å². The molecule has 14 heavy (non-hydrogen) atoms. The second-order valence-corrected chi connectivity index (χ2v) is 3.80. The fourth-order valence-electron chi connectivity index (χ4n) is 1.62. The summed E-state index contributed by atoms with van der Waals surface area (Å²) in [7, 11) is 0. The molecule has 3 N–H and O–H groups in total. The number of aryl methyl sites for hydroxylation is 1. The van der Waals surface area contributed by atoms with Gasteiger partial charge < -0.3 is 10.8 Å². The van der Waals surface area contributed by atoms with E-state index in [1.54, 1.807) is 6.92 Å². The molecule has 0 saturated heterocycles. The Morgan fingerprint density at radius 2 is 2.07 bits per heavy atom. The van der Waals surface area contributed by atoms with Crippen molar-refractivity contribution in [2.75, 3.05) is 0 Å². The molecular weight excluding hydrogens is 178 g/mol. The number of hydrogen-bond donors (Lipinski definition) is 2. The molecule has 0 saturated carbocycles. The van der Waals surface area contributed by atoms with Crippen LogP contribution in [0.3, 0.4) is 0 Å². The first-order chi connectivity index (χ1) is 6.43. The second kappa shape index (κ2) is 3.80. The highest BCUT2D eigenvalue weighted by molar-refractivity contribution is 5.69. The Labute approximate surface area is 83.6 Å². The van der Waals surface area contributed by atoms with Gasteiger partial charge in [-0.25, -0.2) is 0 Å². The molecule has 0 aliphatic carbocycles. The van der Waals surface area contributed by atoms with E-state index in [2.05, 4.69) is 0 Å². The first kappa shape index (κ1) is 10.7. The molecule has 1 unspecified atom stereocenters. The molecule has 0 aliphatic rings. The van der Waals surface area contributed by atoms with E-state index in [4.69, 9.17) is 10.8 Å². The zero-order valence-corrected chi connectivity index (χ0v) is 8.45. The Morgan fingerprint density at radius 3 is 2.57 bits per heavy atom. The van der Waals surface area contributed by atoms with E-state index in [9.17, 15) is 4.79 Å². The second-order valence-electron chi connectivity index (χ2n) is 3.80. The zero-order chi connectivity index (χ0) is 10.8. The molecule has 1 aromatic carbocycles. The van der Waals surface area contributed by atoms with Crippen molar-refractivity contribution in [1.82, 2.24) is 0 Å². The van der Waals surface area contributed by atoms with Gasteiger partial charge in [0.05, 0.1) is 6.42 Å². The smallest absolute Gasteiger partial charge is 0.305 e. The van der Waals surface area contributed by atoms with E-state index < -0.39 is 11.5 Å². The van der Waals surface area contributed by atoms with Crippen LogP contribution in [-0.4, -0.2) is 11.1 Å². The van der Waals surface area contributed by atoms with Crippen molar-refractivity contribution < 1.29 is 9.90 Å².